The van der Waals surface area contributed by atoms with Gasteiger partial charge in [0, 0.05) is 0 Å². The second-order valence-corrected chi connectivity index (χ2v) is 5.52. The zero-order chi connectivity index (χ0) is 18.7. The Morgan fingerprint density at radius 2 is 1.92 bits per heavy atom. The molecule has 3 aromatic rings. The van der Waals surface area contributed by atoms with Crippen molar-refractivity contribution in [2.45, 2.75) is 19.2 Å². The Morgan fingerprint density at radius 1 is 1.12 bits per heavy atom. The van der Waals surface area contributed by atoms with Crippen molar-refractivity contribution in [3.8, 4) is 0 Å². The molecule has 0 spiro atoms. The third kappa shape index (κ3) is 4.23. The average molecular weight is 367 g/mol. The maximum Gasteiger partial charge on any atom is 0.416 e. The van der Waals surface area contributed by atoms with Crippen molar-refractivity contribution in [1.82, 2.24) is 15.0 Å². The standard InChI is InChI=1S/C17H13F4N3O2/c18-13-5-4-12-15(22-13)23-14(24-16(12)25)9-26-7-6-10-2-1-3-11(8-10)17(19,20)21/h1-5,8H,6-7,9H2,(H,22,23,24,25). The molecule has 0 saturated carbocycles. The molecule has 9 heteroatoms. The molecule has 0 radical (unpaired) electrons. The lowest BCUT2D eigenvalue weighted by atomic mass is 10.1. The van der Waals surface area contributed by atoms with Crippen LogP contribution in [0.1, 0.15) is 17.0 Å². The Hall–Kier alpha value is -2.81. The number of rotatable bonds is 5. The molecular formula is C17H13F4N3O2. The normalized spacial score (nSPS) is 11.8. The van der Waals surface area contributed by atoms with Crippen molar-refractivity contribution >= 4 is 11.0 Å². The van der Waals surface area contributed by atoms with E-state index in [4.69, 9.17) is 4.74 Å². The van der Waals surface area contributed by atoms with Crippen LogP contribution in [0.2, 0.25) is 0 Å². The Bertz CT molecular complexity index is 986. The molecule has 0 aliphatic rings. The summed E-state index contributed by atoms with van der Waals surface area (Å²) in [7, 11) is 0. The van der Waals surface area contributed by atoms with Crippen molar-refractivity contribution in [2.24, 2.45) is 0 Å². The number of nitrogens with zero attached hydrogens (tertiary/aromatic N) is 2. The first-order valence-corrected chi connectivity index (χ1v) is 7.62. The molecule has 0 unspecified atom stereocenters. The number of ether oxygens (including phenoxy) is 1. The summed E-state index contributed by atoms with van der Waals surface area (Å²) in [6.07, 6.45) is -4.14. The van der Waals surface area contributed by atoms with Crippen LogP contribution in [0.3, 0.4) is 0 Å². The summed E-state index contributed by atoms with van der Waals surface area (Å²) < 4.78 is 56.5. The maximum atomic E-state index is 13.1. The second kappa shape index (κ2) is 7.20. The zero-order valence-electron chi connectivity index (χ0n) is 13.3. The van der Waals surface area contributed by atoms with Gasteiger partial charge in [-0.05, 0) is 30.2 Å². The summed E-state index contributed by atoms with van der Waals surface area (Å²) in [6.45, 7) is 0.0436. The molecule has 0 aliphatic carbocycles. The van der Waals surface area contributed by atoms with Gasteiger partial charge in [0.1, 0.15) is 12.4 Å². The van der Waals surface area contributed by atoms with Crippen LogP contribution in [0, 0.1) is 5.95 Å². The second-order valence-electron chi connectivity index (χ2n) is 5.52. The van der Waals surface area contributed by atoms with Crippen LogP contribution in [0.5, 0.6) is 0 Å². The lowest BCUT2D eigenvalue weighted by molar-refractivity contribution is -0.137. The Labute approximate surface area is 144 Å². The fourth-order valence-electron chi connectivity index (χ4n) is 2.37. The van der Waals surface area contributed by atoms with E-state index in [1.54, 1.807) is 6.07 Å². The van der Waals surface area contributed by atoms with Gasteiger partial charge in [-0.3, -0.25) is 4.79 Å². The number of nitrogens with one attached hydrogen (secondary N) is 1. The van der Waals surface area contributed by atoms with Gasteiger partial charge < -0.3 is 9.72 Å². The van der Waals surface area contributed by atoms with Gasteiger partial charge in [-0.15, -0.1) is 0 Å². The van der Waals surface area contributed by atoms with Gasteiger partial charge in [-0.25, -0.2) is 4.98 Å². The van der Waals surface area contributed by atoms with Crippen molar-refractivity contribution in [3.05, 3.63) is 69.7 Å². The Balaban J connectivity index is 1.62. The van der Waals surface area contributed by atoms with Gasteiger partial charge >= 0.3 is 6.18 Å². The molecule has 0 amide bonds. The van der Waals surface area contributed by atoms with E-state index in [1.165, 1.54) is 12.1 Å². The number of aromatic nitrogens is 3. The van der Waals surface area contributed by atoms with E-state index in [0.717, 1.165) is 18.2 Å². The Kier molecular flexibility index (Phi) is 4.99. The molecule has 26 heavy (non-hydrogen) atoms. The highest BCUT2D eigenvalue weighted by atomic mass is 19.4. The molecule has 2 heterocycles. The third-order valence-corrected chi connectivity index (χ3v) is 3.61. The number of alkyl halides is 3. The predicted octanol–water partition coefficient (Wildman–Crippen LogP) is 3.24. The summed E-state index contributed by atoms with van der Waals surface area (Å²) in [6, 6.07) is 7.31. The lowest BCUT2D eigenvalue weighted by Crippen LogP contribution is -2.14. The van der Waals surface area contributed by atoms with Crippen LogP contribution in [-0.4, -0.2) is 21.6 Å². The summed E-state index contributed by atoms with van der Waals surface area (Å²) in [5.41, 5.74) is -0.753. The first kappa shape index (κ1) is 18.0. The van der Waals surface area contributed by atoms with E-state index < -0.39 is 23.2 Å². The van der Waals surface area contributed by atoms with Gasteiger partial charge in [-0.2, -0.15) is 22.5 Å². The highest BCUT2D eigenvalue weighted by Crippen LogP contribution is 2.29. The summed E-state index contributed by atoms with van der Waals surface area (Å²) in [4.78, 5) is 21.9. The lowest BCUT2D eigenvalue weighted by Gasteiger charge is -2.09. The number of H-pyrrole nitrogens is 1. The van der Waals surface area contributed by atoms with Crippen molar-refractivity contribution in [2.75, 3.05) is 6.61 Å². The number of halogens is 4. The van der Waals surface area contributed by atoms with E-state index >= 15 is 0 Å². The van der Waals surface area contributed by atoms with Crippen LogP contribution in [0.25, 0.3) is 11.0 Å². The SMILES string of the molecule is O=c1[nH]c(COCCc2cccc(C(F)(F)F)c2)nc2nc(F)ccc12. The van der Waals surface area contributed by atoms with E-state index in [1.807, 2.05) is 0 Å². The molecule has 0 atom stereocenters. The minimum atomic E-state index is -4.40. The first-order chi connectivity index (χ1) is 12.3. The van der Waals surface area contributed by atoms with Crippen molar-refractivity contribution in [1.29, 1.82) is 0 Å². The quantitative estimate of drug-likeness (QED) is 0.427. The number of hydrogen-bond donors (Lipinski definition) is 1. The largest absolute Gasteiger partial charge is 0.416 e. The fraction of sp³-hybridized carbons (Fsp3) is 0.235. The minimum absolute atomic E-state index is 0.0368. The van der Waals surface area contributed by atoms with Crippen LogP contribution in [-0.2, 0) is 23.9 Å². The van der Waals surface area contributed by atoms with Crippen molar-refractivity contribution in [3.63, 3.8) is 0 Å². The van der Waals surface area contributed by atoms with Gasteiger partial charge in [0.25, 0.3) is 5.56 Å². The topological polar surface area (TPSA) is 67.9 Å². The molecule has 1 N–H and O–H groups in total. The summed E-state index contributed by atoms with van der Waals surface area (Å²) >= 11 is 0. The highest BCUT2D eigenvalue weighted by Gasteiger charge is 2.30. The molecule has 0 fully saturated rings. The van der Waals surface area contributed by atoms with E-state index in [0.29, 0.717) is 5.56 Å². The highest BCUT2D eigenvalue weighted by molar-refractivity contribution is 5.72. The molecule has 3 rings (SSSR count). The summed E-state index contributed by atoms with van der Waals surface area (Å²) in [5.74, 6) is -0.600. The number of hydrogen-bond acceptors (Lipinski definition) is 4. The van der Waals surface area contributed by atoms with E-state index in [9.17, 15) is 22.4 Å². The van der Waals surface area contributed by atoms with Gasteiger partial charge in [0.2, 0.25) is 5.95 Å². The molecule has 0 saturated heterocycles. The van der Waals surface area contributed by atoms with E-state index in [2.05, 4.69) is 15.0 Å². The monoisotopic (exact) mass is 367 g/mol. The average Bonchev–Trinajstić information content (AvgIpc) is 2.58. The molecule has 2 aromatic heterocycles. The molecule has 0 bridgehead atoms. The van der Waals surface area contributed by atoms with Gasteiger partial charge in [-0.1, -0.05) is 18.2 Å². The molecule has 136 valence electrons. The van der Waals surface area contributed by atoms with E-state index in [-0.39, 0.29) is 36.5 Å². The van der Waals surface area contributed by atoms with Gasteiger partial charge in [0.15, 0.2) is 5.65 Å². The molecular weight excluding hydrogens is 354 g/mol. The van der Waals surface area contributed by atoms with Crippen LogP contribution >= 0.6 is 0 Å². The number of fused-ring (bicyclic) bond motifs is 1. The number of aromatic amines is 1. The number of pyridine rings is 1. The zero-order valence-corrected chi connectivity index (χ0v) is 13.3. The molecule has 1 aromatic carbocycles. The van der Waals surface area contributed by atoms with Crippen LogP contribution < -0.4 is 5.56 Å². The van der Waals surface area contributed by atoms with Gasteiger partial charge in [0.05, 0.1) is 17.6 Å². The Morgan fingerprint density at radius 3 is 2.69 bits per heavy atom. The van der Waals surface area contributed by atoms with Crippen LogP contribution in [0.4, 0.5) is 17.6 Å². The smallest absolute Gasteiger partial charge is 0.373 e. The maximum absolute atomic E-state index is 13.1. The minimum Gasteiger partial charge on any atom is -0.373 e. The molecule has 5 nitrogen and oxygen atoms in total. The van der Waals surface area contributed by atoms with Crippen molar-refractivity contribution < 1.29 is 22.3 Å². The number of benzene rings is 1. The third-order valence-electron chi connectivity index (χ3n) is 3.61. The summed E-state index contributed by atoms with van der Waals surface area (Å²) in [5, 5.41) is 0.152. The first-order valence-electron chi connectivity index (χ1n) is 7.62. The van der Waals surface area contributed by atoms with Crippen LogP contribution in [0.15, 0.2) is 41.2 Å². The molecule has 0 aliphatic heterocycles. The predicted molar refractivity (Wildman–Crippen MR) is 84.9 cm³/mol. The fourth-order valence-corrected chi connectivity index (χ4v) is 2.37.